The Labute approximate surface area is 113 Å². The lowest BCUT2D eigenvalue weighted by molar-refractivity contribution is -0.130. The van der Waals surface area contributed by atoms with Crippen LogP contribution in [0, 0.1) is 0 Å². The Bertz CT molecular complexity index is 409. The van der Waals surface area contributed by atoms with Crippen molar-refractivity contribution in [3.63, 3.8) is 0 Å². The zero-order chi connectivity index (χ0) is 13.1. The van der Waals surface area contributed by atoms with Gasteiger partial charge in [-0.2, -0.15) is 0 Å². The molecule has 1 aliphatic heterocycles. The lowest BCUT2D eigenvalue weighted by atomic mass is 10.1. The van der Waals surface area contributed by atoms with Gasteiger partial charge in [0.15, 0.2) is 0 Å². The van der Waals surface area contributed by atoms with Crippen molar-refractivity contribution in [1.82, 2.24) is 10.2 Å². The van der Waals surface area contributed by atoms with E-state index in [1.807, 2.05) is 18.7 Å². The van der Waals surface area contributed by atoms with Crippen molar-refractivity contribution in [2.75, 3.05) is 20.6 Å². The highest BCUT2D eigenvalue weighted by atomic mass is 32.2. The summed E-state index contributed by atoms with van der Waals surface area (Å²) in [6.45, 7) is 2.80. The highest BCUT2D eigenvalue weighted by Gasteiger charge is 2.23. The third-order valence-corrected chi connectivity index (χ3v) is 4.50. The Morgan fingerprint density at radius 3 is 2.89 bits per heavy atom. The summed E-state index contributed by atoms with van der Waals surface area (Å²) in [6.07, 6.45) is 1.09. The van der Waals surface area contributed by atoms with Gasteiger partial charge in [-0.25, -0.2) is 0 Å². The molecule has 1 aromatic rings. The normalized spacial score (nSPS) is 19.4. The quantitative estimate of drug-likeness (QED) is 0.899. The van der Waals surface area contributed by atoms with Gasteiger partial charge in [0.25, 0.3) is 0 Å². The van der Waals surface area contributed by atoms with Gasteiger partial charge in [0, 0.05) is 30.8 Å². The average Bonchev–Trinajstić information content (AvgIpc) is 2.77. The second kappa shape index (κ2) is 5.76. The van der Waals surface area contributed by atoms with E-state index in [1.54, 1.807) is 19.0 Å². The van der Waals surface area contributed by atoms with E-state index in [1.165, 1.54) is 10.5 Å². The van der Waals surface area contributed by atoms with Crippen molar-refractivity contribution >= 4 is 17.7 Å². The lowest BCUT2D eigenvalue weighted by Crippen LogP contribution is -2.43. The van der Waals surface area contributed by atoms with E-state index in [0.717, 1.165) is 13.0 Å². The van der Waals surface area contributed by atoms with Crippen LogP contribution in [0.3, 0.4) is 0 Å². The van der Waals surface area contributed by atoms with Crippen LogP contribution in [0.1, 0.15) is 12.5 Å². The van der Waals surface area contributed by atoms with Crippen LogP contribution in [-0.4, -0.2) is 42.7 Å². The van der Waals surface area contributed by atoms with E-state index in [0.29, 0.717) is 5.25 Å². The fourth-order valence-corrected chi connectivity index (χ4v) is 3.41. The molecule has 1 heterocycles. The van der Waals surface area contributed by atoms with Gasteiger partial charge < -0.3 is 10.2 Å². The van der Waals surface area contributed by atoms with Crippen LogP contribution >= 0.6 is 11.8 Å². The Morgan fingerprint density at radius 1 is 1.50 bits per heavy atom. The van der Waals surface area contributed by atoms with Crippen LogP contribution in [0.25, 0.3) is 0 Å². The number of carbonyl (C=O) groups excluding carboxylic acids is 1. The van der Waals surface area contributed by atoms with E-state index in [-0.39, 0.29) is 11.9 Å². The Kier molecular flexibility index (Phi) is 4.30. The molecule has 2 rings (SSSR count). The van der Waals surface area contributed by atoms with Crippen LogP contribution < -0.4 is 5.32 Å². The Hall–Kier alpha value is -1.00. The first kappa shape index (κ1) is 13.4. The van der Waals surface area contributed by atoms with Crippen molar-refractivity contribution in [3.8, 4) is 0 Å². The molecule has 0 aliphatic carbocycles. The van der Waals surface area contributed by atoms with Gasteiger partial charge in [-0.3, -0.25) is 4.79 Å². The zero-order valence-corrected chi connectivity index (χ0v) is 12.0. The summed E-state index contributed by atoms with van der Waals surface area (Å²) in [5.41, 5.74) is 1.43. The number of hydrogen-bond acceptors (Lipinski definition) is 3. The molecule has 1 aliphatic rings. The topological polar surface area (TPSA) is 32.3 Å². The summed E-state index contributed by atoms with van der Waals surface area (Å²) >= 11 is 1.91. The first-order valence-corrected chi connectivity index (χ1v) is 7.15. The zero-order valence-electron chi connectivity index (χ0n) is 11.1. The molecule has 1 aromatic carbocycles. The second-order valence-corrected chi connectivity index (χ2v) is 6.26. The first-order valence-electron chi connectivity index (χ1n) is 6.27. The standard InChI is InChI=1S/C14H20N2OS/c1-10(14(17)16(2)3)15-9-12-8-11-6-4-5-7-13(11)18-12/h4-7,10,12,15H,8-9H2,1-3H3. The van der Waals surface area contributed by atoms with Crippen LogP contribution in [0.15, 0.2) is 29.2 Å². The van der Waals surface area contributed by atoms with Crippen LogP contribution in [0.2, 0.25) is 0 Å². The van der Waals surface area contributed by atoms with Crippen molar-refractivity contribution in [2.45, 2.75) is 29.5 Å². The molecule has 0 bridgehead atoms. The number of likely N-dealkylation sites (N-methyl/N-ethyl adjacent to an activating group) is 1. The van der Waals surface area contributed by atoms with E-state index >= 15 is 0 Å². The minimum Gasteiger partial charge on any atom is -0.347 e. The minimum absolute atomic E-state index is 0.107. The molecule has 4 heteroatoms. The molecule has 98 valence electrons. The van der Waals surface area contributed by atoms with Gasteiger partial charge in [-0.1, -0.05) is 18.2 Å². The molecule has 0 saturated carbocycles. The van der Waals surface area contributed by atoms with E-state index in [9.17, 15) is 4.79 Å². The third kappa shape index (κ3) is 3.06. The van der Waals surface area contributed by atoms with Gasteiger partial charge in [0.05, 0.1) is 6.04 Å². The molecule has 1 amide bonds. The summed E-state index contributed by atoms with van der Waals surface area (Å²) in [4.78, 5) is 14.7. The molecule has 0 radical (unpaired) electrons. The van der Waals surface area contributed by atoms with Crippen LogP contribution in [-0.2, 0) is 11.2 Å². The number of carbonyl (C=O) groups is 1. The first-order chi connectivity index (χ1) is 8.58. The Morgan fingerprint density at radius 2 is 2.22 bits per heavy atom. The number of nitrogens with one attached hydrogen (secondary N) is 1. The summed E-state index contributed by atoms with van der Waals surface area (Å²) in [5.74, 6) is 0.135. The molecule has 0 saturated heterocycles. The number of rotatable bonds is 4. The van der Waals surface area contributed by atoms with Crippen molar-refractivity contribution in [1.29, 1.82) is 0 Å². The monoisotopic (exact) mass is 264 g/mol. The van der Waals surface area contributed by atoms with Crippen molar-refractivity contribution < 1.29 is 4.79 Å². The highest BCUT2D eigenvalue weighted by molar-refractivity contribution is 8.00. The van der Waals surface area contributed by atoms with Gasteiger partial charge >= 0.3 is 0 Å². The molecule has 3 nitrogen and oxygen atoms in total. The summed E-state index contributed by atoms with van der Waals surface area (Å²) in [7, 11) is 3.58. The number of hydrogen-bond donors (Lipinski definition) is 1. The third-order valence-electron chi connectivity index (χ3n) is 3.18. The molecular weight excluding hydrogens is 244 g/mol. The smallest absolute Gasteiger partial charge is 0.238 e. The highest BCUT2D eigenvalue weighted by Crippen LogP contribution is 2.36. The number of fused-ring (bicyclic) bond motifs is 1. The van der Waals surface area contributed by atoms with Gasteiger partial charge in [-0.05, 0) is 25.0 Å². The summed E-state index contributed by atoms with van der Waals surface area (Å²) in [5, 5.41) is 3.87. The van der Waals surface area contributed by atoms with Gasteiger partial charge in [-0.15, -0.1) is 11.8 Å². The predicted molar refractivity (Wildman–Crippen MR) is 75.9 cm³/mol. The summed E-state index contributed by atoms with van der Waals surface area (Å²) < 4.78 is 0. The largest absolute Gasteiger partial charge is 0.347 e. The predicted octanol–water partition coefficient (Wildman–Crippen LogP) is 1.77. The maximum Gasteiger partial charge on any atom is 0.238 e. The maximum atomic E-state index is 11.7. The molecule has 2 atom stereocenters. The number of nitrogens with zero attached hydrogens (tertiary/aromatic N) is 1. The fraction of sp³-hybridized carbons (Fsp3) is 0.500. The number of thioether (sulfide) groups is 1. The van der Waals surface area contributed by atoms with Gasteiger partial charge in [0.2, 0.25) is 5.91 Å². The SMILES string of the molecule is CC(NCC1Cc2ccccc2S1)C(=O)N(C)C. The lowest BCUT2D eigenvalue weighted by Gasteiger charge is -2.19. The number of amides is 1. The molecule has 0 aromatic heterocycles. The van der Waals surface area contributed by atoms with E-state index < -0.39 is 0 Å². The van der Waals surface area contributed by atoms with Crippen LogP contribution in [0.5, 0.6) is 0 Å². The second-order valence-electron chi connectivity index (χ2n) is 4.91. The van der Waals surface area contributed by atoms with E-state index in [4.69, 9.17) is 0 Å². The van der Waals surface area contributed by atoms with E-state index in [2.05, 4.69) is 29.6 Å². The summed E-state index contributed by atoms with van der Waals surface area (Å²) in [6, 6.07) is 8.43. The van der Waals surface area contributed by atoms with Crippen molar-refractivity contribution in [3.05, 3.63) is 29.8 Å². The average molecular weight is 264 g/mol. The minimum atomic E-state index is -0.107. The molecule has 0 spiro atoms. The molecular formula is C14H20N2OS. The Balaban J connectivity index is 1.82. The van der Waals surface area contributed by atoms with Gasteiger partial charge in [0.1, 0.15) is 0 Å². The fourth-order valence-electron chi connectivity index (χ4n) is 2.15. The molecule has 18 heavy (non-hydrogen) atoms. The molecule has 1 N–H and O–H groups in total. The number of benzene rings is 1. The van der Waals surface area contributed by atoms with Crippen LogP contribution in [0.4, 0.5) is 0 Å². The van der Waals surface area contributed by atoms with Crippen molar-refractivity contribution in [2.24, 2.45) is 0 Å². The maximum absolute atomic E-state index is 11.7. The molecule has 2 unspecified atom stereocenters. The molecule has 0 fully saturated rings.